The van der Waals surface area contributed by atoms with Crippen LogP contribution < -0.4 is 20.1 Å². The van der Waals surface area contributed by atoms with Gasteiger partial charge in [0.15, 0.2) is 5.82 Å². The number of fused-ring (bicyclic) bond motifs is 1. The van der Waals surface area contributed by atoms with Crippen molar-refractivity contribution in [2.24, 2.45) is 0 Å². The van der Waals surface area contributed by atoms with Crippen molar-refractivity contribution in [2.75, 3.05) is 37.4 Å². The third kappa shape index (κ3) is 4.79. The summed E-state index contributed by atoms with van der Waals surface area (Å²) in [5.41, 5.74) is 5.41. The second kappa shape index (κ2) is 10.8. The Balaban J connectivity index is 1.38. The first-order valence-electron chi connectivity index (χ1n) is 15.5. The Bertz CT molecular complexity index is 2070. The number of nitrogens with zero attached hydrogens (tertiary/aromatic N) is 7. The third-order valence-electron chi connectivity index (χ3n) is 9.59. The van der Waals surface area contributed by atoms with E-state index in [0.717, 1.165) is 19.2 Å². The predicted octanol–water partition coefficient (Wildman–Crippen LogP) is 5.87. The normalized spacial score (nSPS) is 21.0. The number of nitrogens with one attached hydrogen (secondary N) is 1. The van der Waals surface area contributed by atoms with E-state index in [2.05, 4.69) is 30.0 Å². The molecule has 1 aromatic carbocycles. The third-order valence-corrected chi connectivity index (χ3v) is 9.89. The lowest BCUT2D eigenvalue weighted by Crippen LogP contribution is -2.48. The maximum atomic E-state index is 17.2. The van der Waals surface area contributed by atoms with E-state index in [4.69, 9.17) is 31.8 Å². The number of nitrogen functional groups attached to an aromatic ring is 1. The van der Waals surface area contributed by atoms with Gasteiger partial charge in [0.2, 0.25) is 5.88 Å². The number of aromatic amines is 1. The molecule has 2 aliphatic heterocycles. The van der Waals surface area contributed by atoms with Crippen molar-refractivity contribution in [2.45, 2.75) is 56.9 Å². The van der Waals surface area contributed by atoms with E-state index in [0.29, 0.717) is 16.5 Å². The fourth-order valence-corrected chi connectivity index (χ4v) is 7.05. The Morgan fingerprint density at radius 1 is 1.21 bits per heavy atom. The second-order valence-electron chi connectivity index (χ2n) is 12.6. The first kappa shape index (κ1) is 29.9. The van der Waals surface area contributed by atoms with E-state index in [-0.39, 0.29) is 94.4 Å². The zero-order chi connectivity index (χ0) is 32.8. The lowest BCUT2D eigenvalue weighted by atomic mass is 9.94. The van der Waals surface area contributed by atoms with Gasteiger partial charge >= 0.3 is 6.01 Å². The molecule has 0 bridgehead atoms. The van der Waals surface area contributed by atoms with Gasteiger partial charge in [-0.3, -0.25) is 10.00 Å². The quantitative estimate of drug-likeness (QED) is 0.218. The van der Waals surface area contributed by atoms with Gasteiger partial charge < -0.3 is 20.1 Å². The fourth-order valence-electron chi connectivity index (χ4n) is 6.68. The van der Waals surface area contributed by atoms with Gasteiger partial charge in [0.25, 0.3) is 0 Å². The number of likely N-dealkylation sites (N-methyl/N-ethyl adjacent to an activating group) is 1. The number of hydrogen-bond donors (Lipinski definition) is 2. The zero-order valence-corrected chi connectivity index (χ0v) is 26.6. The van der Waals surface area contributed by atoms with Crippen molar-refractivity contribution < 1.29 is 22.6 Å². The molecular weight excluding hydrogens is 635 g/mol. The molecule has 244 valence electrons. The molecule has 5 aromatic rings. The largest absolute Gasteiger partial charge is 0.475 e. The molecule has 0 radical (unpaired) electrons. The highest BCUT2D eigenvalue weighted by atomic mass is 35.5. The Hall–Kier alpha value is -4.43. The molecule has 3 atom stereocenters. The van der Waals surface area contributed by atoms with Crippen LogP contribution in [0.2, 0.25) is 5.02 Å². The average molecular weight is 666 g/mol. The number of benzene rings is 1. The molecule has 1 saturated carbocycles. The molecule has 11 nitrogen and oxygen atoms in total. The van der Waals surface area contributed by atoms with Crippen molar-refractivity contribution in [3.63, 3.8) is 0 Å². The summed E-state index contributed by atoms with van der Waals surface area (Å²) in [6.07, 6.45) is 3.96. The van der Waals surface area contributed by atoms with Crippen molar-refractivity contribution >= 4 is 45.0 Å². The number of pyridine rings is 2. The van der Waals surface area contributed by atoms with Crippen LogP contribution in [0.25, 0.3) is 33.1 Å². The second-order valence-corrected chi connectivity index (χ2v) is 13.1. The molecule has 6 heterocycles. The SMILES string of the molecule is C[C@H](c1cc(F)cnc1N)N1c2nc(OC[C@H]3CCN3C)nc3c(F)c(-c4c(C5(F)CC5)c(Cl)cc5[nH]ncc45)nc(c23)OC[C@@H]1C. The van der Waals surface area contributed by atoms with Crippen molar-refractivity contribution in [1.82, 2.24) is 35.0 Å². The molecule has 4 aromatic heterocycles. The van der Waals surface area contributed by atoms with E-state index in [9.17, 15) is 4.39 Å². The fraction of sp³-hybridized carbons (Fsp3) is 0.406. The van der Waals surface area contributed by atoms with Crippen LogP contribution in [-0.4, -0.2) is 73.9 Å². The van der Waals surface area contributed by atoms with Crippen molar-refractivity contribution in [3.8, 4) is 23.1 Å². The highest BCUT2D eigenvalue weighted by molar-refractivity contribution is 6.33. The monoisotopic (exact) mass is 665 g/mol. The van der Waals surface area contributed by atoms with Gasteiger partial charge in [-0.05, 0) is 58.8 Å². The number of H-pyrrole nitrogens is 1. The molecule has 3 aliphatic rings. The minimum absolute atomic E-state index is 0.0508. The van der Waals surface area contributed by atoms with Crippen LogP contribution in [0, 0.1) is 11.6 Å². The summed E-state index contributed by atoms with van der Waals surface area (Å²) in [4.78, 5) is 22.0. The molecule has 15 heteroatoms. The maximum absolute atomic E-state index is 17.2. The molecule has 0 amide bonds. The molecule has 1 saturated heterocycles. The first-order chi connectivity index (χ1) is 22.5. The molecule has 47 heavy (non-hydrogen) atoms. The van der Waals surface area contributed by atoms with Crippen LogP contribution in [0.3, 0.4) is 0 Å². The topological polar surface area (TPSA) is 131 Å². The summed E-state index contributed by atoms with van der Waals surface area (Å²) in [7, 11) is 1.99. The molecule has 1 aliphatic carbocycles. The first-order valence-corrected chi connectivity index (χ1v) is 15.8. The summed E-state index contributed by atoms with van der Waals surface area (Å²) >= 11 is 6.66. The number of hydrogen-bond acceptors (Lipinski definition) is 10. The Kier molecular flexibility index (Phi) is 6.88. The van der Waals surface area contributed by atoms with Crippen LogP contribution in [0.1, 0.15) is 50.3 Å². The van der Waals surface area contributed by atoms with E-state index in [1.165, 1.54) is 12.3 Å². The number of rotatable bonds is 7. The number of nitrogens with two attached hydrogens (primary N) is 1. The summed E-state index contributed by atoms with van der Waals surface area (Å²) in [5, 5.41) is 7.74. The minimum atomic E-state index is -1.74. The Labute approximate surface area is 272 Å². The molecule has 0 spiro atoms. The summed E-state index contributed by atoms with van der Waals surface area (Å²) in [5.74, 6) is -0.919. The van der Waals surface area contributed by atoms with Crippen LogP contribution in [-0.2, 0) is 5.67 Å². The van der Waals surface area contributed by atoms with E-state index >= 15 is 8.78 Å². The average Bonchev–Trinajstić information content (AvgIpc) is 3.64. The lowest BCUT2D eigenvalue weighted by molar-refractivity contribution is 0.0732. The van der Waals surface area contributed by atoms with Gasteiger partial charge in [0.1, 0.15) is 52.9 Å². The highest BCUT2D eigenvalue weighted by Gasteiger charge is 2.49. The number of ether oxygens (including phenoxy) is 2. The predicted molar refractivity (Wildman–Crippen MR) is 170 cm³/mol. The van der Waals surface area contributed by atoms with E-state index in [1.54, 1.807) is 6.07 Å². The number of halogens is 4. The van der Waals surface area contributed by atoms with E-state index < -0.39 is 23.3 Å². The summed E-state index contributed by atoms with van der Waals surface area (Å²) < 4.78 is 59.9. The van der Waals surface area contributed by atoms with Crippen LogP contribution in [0.15, 0.2) is 24.5 Å². The minimum Gasteiger partial charge on any atom is -0.475 e. The Morgan fingerprint density at radius 3 is 2.74 bits per heavy atom. The lowest BCUT2D eigenvalue weighted by Gasteiger charge is -2.37. The standard InChI is InChI=1S/C32H31ClF3N9O2/c1-14-12-46-30-23-27(25(35)26(40-30)22-19-11-39-43-21(19)9-20(33)24(22)32(36)5-6-32)41-31(47-13-17-4-7-44(17)3)42-29(23)45(14)15(2)18-8-16(34)10-38-28(18)37/h8-11,14-15,17H,4-7,12-13H2,1-3H3,(H2,37,38)(H,39,43)/t14-,15+,17+/m0/s1. The highest BCUT2D eigenvalue weighted by Crippen LogP contribution is 2.57. The zero-order valence-electron chi connectivity index (χ0n) is 25.8. The van der Waals surface area contributed by atoms with Gasteiger partial charge in [0.05, 0.1) is 30.0 Å². The van der Waals surface area contributed by atoms with Gasteiger partial charge in [-0.2, -0.15) is 15.1 Å². The number of likely N-dealkylation sites (tertiary alicyclic amines) is 1. The molecule has 3 N–H and O–H groups in total. The summed E-state index contributed by atoms with van der Waals surface area (Å²) in [6.45, 7) is 5.04. The van der Waals surface area contributed by atoms with Crippen LogP contribution in [0.4, 0.5) is 24.8 Å². The van der Waals surface area contributed by atoms with Crippen LogP contribution in [0.5, 0.6) is 11.9 Å². The number of aromatic nitrogens is 6. The molecule has 2 fully saturated rings. The maximum Gasteiger partial charge on any atom is 0.319 e. The molecular formula is C32H31ClF3N9O2. The van der Waals surface area contributed by atoms with Gasteiger partial charge in [-0.25, -0.2) is 23.1 Å². The molecule has 8 rings (SSSR count). The Morgan fingerprint density at radius 2 is 2.02 bits per heavy atom. The summed E-state index contributed by atoms with van der Waals surface area (Å²) in [6, 6.07) is 2.03. The van der Waals surface area contributed by atoms with Crippen LogP contribution >= 0.6 is 11.6 Å². The van der Waals surface area contributed by atoms with Crippen molar-refractivity contribution in [1.29, 1.82) is 0 Å². The van der Waals surface area contributed by atoms with E-state index in [1.807, 2.05) is 25.8 Å². The number of anilines is 2. The van der Waals surface area contributed by atoms with Gasteiger partial charge in [0, 0.05) is 33.1 Å². The smallest absolute Gasteiger partial charge is 0.319 e. The van der Waals surface area contributed by atoms with Gasteiger partial charge in [-0.1, -0.05) is 11.6 Å². The van der Waals surface area contributed by atoms with Gasteiger partial charge in [-0.15, -0.1) is 0 Å². The molecule has 0 unspecified atom stereocenters. The number of alkyl halides is 1. The van der Waals surface area contributed by atoms with Crippen molar-refractivity contribution in [3.05, 3.63) is 52.3 Å².